The third kappa shape index (κ3) is 3.44. The molecule has 0 bridgehead atoms. The second-order valence-corrected chi connectivity index (χ2v) is 7.70. The van der Waals surface area contributed by atoms with Crippen LogP contribution in [-0.4, -0.2) is 22.8 Å². The van der Waals surface area contributed by atoms with E-state index in [0.717, 1.165) is 5.69 Å². The first-order valence-corrected chi connectivity index (χ1v) is 9.80. The van der Waals surface area contributed by atoms with E-state index in [1.165, 1.54) is 0 Å². The van der Waals surface area contributed by atoms with Crippen LogP contribution in [0.15, 0.2) is 47.5 Å². The van der Waals surface area contributed by atoms with Gasteiger partial charge < -0.3 is 18.6 Å². The minimum absolute atomic E-state index is 0.00974. The number of H-pyrrole nitrogens is 1. The van der Waals surface area contributed by atoms with Gasteiger partial charge in [-0.05, 0) is 44.2 Å². The van der Waals surface area contributed by atoms with Crippen molar-refractivity contribution in [3.05, 3.63) is 58.1 Å². The number of fused-ring (bicyclic) bond motifs is 1. The Morgan fingerprint density at radius 1 is 1.12 bits per heavy atom. The Hall–Kier alpha value is -1.85. The summed E-state index contributed by atoms with van der Waals surface area (Å²) in [6.45, 7) is 3.74. The van der Waals surface area contributed by atoms with Gasteiger partial charge in [-0.1, -0.05) is 11.6 Å². The van der Waals surface area contributed by atoms with Crippen molar-refractivity contribution in [1.29, 1.82) is 0 Å². The van der Waals surface area contributed by atoms with Gasteiger partial charge in [-0.25, -0.2) is 0 Å². The fourth-order valence-electron chi connectivity index (χ4n) is 2.62. The molecule has 0 aliphatic carbocycles. The molecule has 132 valence electrons. The zero-order chi connectivity index (χ0) is 18.0. The molecule has 0 aliphatic rings. The molecule has 0 atom stereocenters. The lowest BCUT2D eigenvalue weighted by molar-refractivity contribution is 0.229. The molecule has 2 heterocycles. The van der Waals surface area contributed by atoms with E-state index in [1.807, 2.05) is 35.2 Å². The number of nitrogens with one attached hydrogen (secondary N) is 1. The van der Waals surface area contributed by atoms with Crippen molar-refractivity contribution in [2.24, 2.45) is 0 Å². The predicted molar refractivity (Wildman–Crippen MR) is 99.4 cm³/mol. The van der Waals surface area contributed by atoms with E-state index in [-0.39, 0.29) is 18.5 Å². The van der Waals surface area contributed by atoms with Crippen LogP contribution in [0.1, 0.15) is 13.8 Å². The summed E-state index contributed by atoms with van der Waals surface area (Å²) >= 11 is 6.33. The second-order valence-electron chi connectivity index (χ2n) is 5.30. The predicted octanol–water partition coefficient (Wildman–Crippen LogP) is 3.86. The van der Waals surface area contributed by atoms with E-state index < -0.39 is 13.2 Å². The average Bonchev–Trinajstić information content (AvgIpc) is 3.08. The minimum Gasteiger partial charge on any atom is -0.322 e. The number of nitrogens with zero attached hydrogens (tertiary/aromatic N) is 1. The van der Waals surface area contributed by atoms with Crippen molar-refractivity contribution in [1.82, 2.24) is 9.55 Å². The van der Waals surface area contributed by atoms with Crippen LogP contribution in [0.4, 0.5) is 0 Å². The number of pyridine rings is 1. The molecule has 3 aromatic rings. The van der Waals surface area contributed by atoms with E-state index in [4.69, 9.17) is 20.6 Å². The summed E-state index contributed by atoms with van der Waals surface area (Å²) in [7, 11) is -3.68. The molecule has 0 saturated carbocycles. The number of aromatic amines is 1. The lowest BCUT2D eigenvalue weighted by atomic mass is 10.2. The summed E-state index contributed by atoms with van der Waals surface area (Å²) in [4.78, 5) is 15.1. The van der Waals surface area contributed by atoms with Crippen molar-refractivity contribution >= 4 is 35.4 Å². The van der Waals surface area contributed by atoms with Gasteiger partial charge in [-0.2, -0.15) is 0 Å². The third-order valence-corrected chi connectivity index (χ3v) is 6.09. The highest BCUT2D eigenvalue weighted by molar-refractivity contribution is 7.62. The maximum absolute atomic E-state index is 13.0. The monoisotopic (exact) mass is 380 g/mol. The lowest BCUT2D eigenvalue weighted by Gasteiger charge is -2.17. The number of halogens is 1. The second kappa shape index (κ2) is 7.18. The molecule has 0 unspecified atom stereocenters. The van der Waals surface area contributed by atoms with Crippen LogP contribution in [0.25, 0.3) is 16.6 Å². The molecule has 25 heavy (non-hydrogen) atoms. The summed E-state index contributed by atoms with van der Waals surface area (Å²) < 4.78 is 25.4. The van der Waals surface area contributed by atoms with Gasteiger partial charge in [0.1, 0.15) is 5.30 Å². The summed E-state index contributed by atoms with van der Waals surface area (Å²) in [5.41, 5.74) is 0.788. The first kappa shape index (κ1) is 18.0. The topological polar surface area (TPSA) is 73.3 Å². The summed E-state index contributed by atoms with van der Waals surface area (Å²) in [5.74, 6) is 0. The highest BCUT2D eigenvalue weighted by Crippen LogP contribution is 2.46. The molecule has 1 aromatic carbocycles. The normalized spacial score (nSPS) is 12.0. The fourth-order valence-corrected chi connectivity index (χ4v) is 4.51. The molecule has 0 aliphatic heterocycles. The Kier molecular flexibility index (Phi) is 5.16. The largest absolute Gasteiger partial charge is 0.366 e. The third-order valence-electron chi connectivity index (χ3n) is 3.67. The molecule has 8 heteroatoms. The number of benzene rings is 1. The summed E-state index contributed by atoms with van der Waals surface area (Å²) in [6, 6.07) is 8.81. The molecule has 0 amide bonds. The van der Waals surface area contributed by atoms with Gasteiger partial charge in [0.2, 0.25) is 0 Å². The van der Waals surface area contributed by atoms with Crippen LogP contribution >= 0.6 is 19.2 Å². The van der Waals surface area contributed by atoms with E-state index in [9.17, 15) is 9.36 Å². The minimum atomic E-state index is -3.68. The van der Waals surface area contributed by atoms with Crippen LogP contribution in [0, 0.1) is 0 Å². The van der Waals surface area contributed by atoms with Gasteiger partial charge >= 0.3 is 7.60 Å². The molecule has 2 aromatic heterocycles. The van der Waals surface area contributed by atoms with E-state index in [2.05, 4.69) is 4.98 Å². The molecule has 0 fully saturated rings. The number of hydrogen-bond donors (Lipinski definition) is 1. The average molecular weight is 381 g/mol. The van der Waals surface area contributed by atoms with E-state index in [1.54, 1.807) is 26.0 Å². The van der Waals surface area contributed by atoms with Crippen LogP contribution in [0.5, 0.6) is 0 Å². The van der Waals surface area contributed by atoms with Crippen LogP contribution in [0.2, 0.25) is 5.02 Å². The lowest BCUT2D eigenvalue weighted by Crippen LogP contribution is -2.29. The molecule has 3 rings (SSSR count). The standard InChI is InChI=1S/C17H18ClN2O4P/c1-3-23-25(22,24-4-2)16-10-12-9-15(20-7-5-6-8-20)13(18)11-14(12)19-17(16)21/h5-11H,3-4H2,1-2H3,(H,19,21). The van der Waals surface area contributed by atoms with Crippen molar-refractivity contribution < 1.29 is 13.6 Å². The Labute approximate surface area is 149 Å². The van der Waals surface area contributed by atoms with Gasteiger partial charge in [-0.15, -0.1) is 0 Å². The van der Waals surface area contributed by atoms with Crippen molar-refractivity contribution in [2.45, 2.75) is 13.8 Å². The van der Waals surface area contributed by atoms with Crippen LogP contribution in [-0.2, 0) is 13.6 Å². The van der Waals surface area contributed by atoms with E-state index in [0.29, 0.717) is 15.9 Å². The first-order chi connectivity index (χ1) is 12.0. The van der Waals surface area contributed by atoms with Crippen molar-refractivity contribution in [2.75, 3.05) is 13.2 Å². The van der Waals surface area contributed by atoms with Gasteiger partial charge in [0.25, 0.3) is 5.56 Å². The molecule has 6 nitrogen and oxygen atoms in total. The molecule has 0 radical (unpaired) electrons. The zero-order valence-electron chi connectivity index (χ0n) is 13.9. The Balaban J connectivity index is 2.22. The SMILES string of the molecule is CCOP(=O)(OCC)c1cc2cc(-n3cccc3)c(Cl)cc2[nH]c1=O. The van der Waals surface area contributed by atoms with E-state index >= 15 is 0 Å². The molecular weight excluding hydrogens is 363 g/mol. The highest BCUT2D eigenvalue weighted by atomic mass is 35.5. The Bertz CT molecular complexity index is 988. The van der Waals surface area contributed by atoms with Crippen LogP contribution < -0.4 is 10.9 Å². The van der Waals surface area contributed by atoms with Gasteiger partial charge in [-0.3, -0.25) is 9.36 Å². The maximum Gasteiger partial charge on any atom is 0.366 e. The molecular formula is C17H18ClN2O4P. The molecule has 0 saturated heterocycles. The Morgan fingerprint density at radius 3 is 2.36 bits per heavy atom. The smallest absolute Gasteiger partial charge is 0.322 e. The quantitative estimate of drug-likeness (QED) is 0.659. The van der Waals surface area contributed by atoms with Crippen molar-refractivity contribution in [3.63, 3.8) is 0 Å². The number of aromatic nitrogens is 2. The highest BCUT2D eigenvalue weighted by Gasteiger charge is 2.30. The summed E-state index contributed by atoms with van der Waals surface area (Å²) in [5, 5.41) is 1.16. The number of hydrogen-bond acceptors (Lipinski definition) is 4. The first-order valence-electron chi connectivity index (χ1n) is 7.88. The van der Waals surface area contributed by atoms with Crippen molar-refractivity contribution in [3.8, 4) is 5.69 Å². The molecule has 1 N–H and O–H groups in total. The summed E-state index contributed by atoms with van der Waals surface area (Å²) in [6.07, 6.45) is 3.73. The fraction of sp³-hybridized carbons (Fsp3) is 0.235. The van der Waals surface area contributed by atoms with Gasteiger partial charge in [0.05, 0.1) is 23.9 Å². The number of rotatable bonds is 6. The zero-order valence-corrected chi connectivity index (χ0v) is 15.5. The van der Waals surface area contributed by atoms with Gasteiger partial charge in [0, 0.05) is 23.3 Å². The van der Waals surface area contributed by atoms with Gasteiger partial charge in [0.15, 0.2) is 0 Å². The van der Waals surface area contributed by atoms with Crippen LogP contribution in [0.3, 0.4) is 0 Å². The molecule has 0 spiro atoms. The maximum atomic E-state index is 13.0. The Morgan fingerprint density at radius 2 is 1.76 bits per heavy atom.